The van der Waals surface area contributed by atoms with Crippen LogP contribution in [0.2, 0.25) is 0 Å². The highest BCUT2D eigenvalue weighted by Crippen LogP contribution is 2.64. The van der Waals surface area contributed by atoms with Crippen LogP contribution in [0.1, 0.15) is 38.5 Å². The van der Waals surface area contributed by atoms with Crippen LogP contribution in [0.4, 0.5) is 0 Å². The second-order valence-corrected chi connectivity index (χ2v) is 6.89. The Hall–Kier alpha value is -0.920. The molecule has 1 atom stereocenters. The molecule has 4 bridgehead atoms. The van der Waals surface area contributed by atoms with Gasteiger partial charge in [0.05, 0.1) is 0 Å². The molecule has 0 radical (unpaired) electrons. The highest BCUT2D eigenvalue weighted by atomic mass is 16.3. The summed E-state index contributed by atoms with van der Waals surface area (Å²) in [6.45, 7) is 0. The van der Waals surface area contributed by atoms with Gasteiger partial charge in [0.25, 0.3) is 0 Å². The lowest BCUT2D eigenvalue weighted by molar-refractivity contribution is -0.0751. The maximum atomic E-state index is 10.1. The Morgan fingerprint density at radius 3 is 1.88 bits per heavy atom. The monoisotopic (exact) mass is 232 g/mol. The molecule has 0 aliphatic heterocycles. The molecule has 0 heterocycles. The van der Waals surface area contributed by atoms with Gasteiger partial charge in [0.2, 0.25) is 0 Å². The summed E-state index contributed by atoms with van der Waals surface area (Å²) in [6.07, 6.45) is 11.8. The van der Waals surface area contributed by atoms with Crippen molar-refractivity contribution < 1.29 is 10.2 Å². The molecule has 92 valence electrons. The third kappa shape index (κ3) is 1.27. The van der Waals surface area contributed by atoms with Gasteiger partial charge in [-0.2, -0.15) is 0 Å². The smallest absolute Gasteiger partial charge is 0.153 e. The number of hydrogen-bond donors (Lipinski definition) is 2. The highest BCUT2D eigenvalue weighted by molar-refractivity contribution is 5.31. The highest BCUT2D eigenvalue weighted by Gasteiger charge is 2.55. The summed E-state index contributed by atoms with van der Waals surface area (Å²) in [4.78, 5) is 0. The number of aliphatic hydroxyl groups is 2. The summed E-state index contributed by atoms with van der Waals surface area (Å²) < 4.78 is 0. The van der Waals surface area contributed by atoms with Crippen LogP contribution in [0.5, 0.6) is 0 Å². The quantitative estimate of drug-likeness (QED) is 0.723. The Balaban J connectivity index is 1.72. The fraction of sp³-hybridized carbons (Fsp3) is 0.733. The van der Waals surface area contributed by atoms with Crippen molar-refractivity contribution in [3.05, 3.63) is 23.7 Å². The minimum Gasteiger partial charge on any atom is -0.508 e. The van der Waals surface area contributed by atoms with E-state index < -0.39 is 0 Å². The van der Waals surface area contributed by atoms with Crippen LogP contribution in [-0.4, -0.2) is 10.2 Å². The molecule has 0 aromatic carbocycles. The molecule has 2 nitrogen and oxygen atoms in total. The number of aliphatic hydroxyl groups excluding tert-OH is 2. The summed E-state index contributed by atoms with van der Waals surface area (Å²) in [5.74, 6) is 3.13. The fourth-order valence-electron chi connectivity index (χ4n) is 5.58. The molecule has 5 rings (SSSR count). The van der Waals surface area contributed by atoms with Gasteiger partial charge in [-0.3, -0.25) is 0 Å². The van der Waals surface area contributed by atoms with Gasteiger partial charge < -0.3 is 10.2 Å². The fourth-order valence-corrected chi connectivity index (χ4v) is 5.58. The van der Waals surface area contributed by atoms with E-state index in [9.17, 15) is 10.2 Å². The van der Waals surface area contributed by atoms with Gasteiger partial charge in [0, 0.05) is 5.92 Å². The van der Waals surface area contributed by atoms with E-state index in [0.29, 0.717) is 0 Å². The number of rotatable bonds is 1. The first-order valence-electron chi connectivity index (χ1n) is 6.96. The van der Waals surface area contributed by atoms with Crippen molar-refractivity contribution in [2.24, 2.45) is 29.1 Å². The largest absolute Gasteiger partial charge is 0.508 e. The first-order chi connectivity index (χ1) is 8.16. The van der Waals surface area contributed by atoms with Gasteiger partial charge >= 0.3 is 0 Å². The minimum absolute atomic E-state index is 0.103. The predicted octanol–water partition coefficient (Wildman–Crippen LogP) is 3.72. The molecular formula is C15H20O2. The van der Waals surface area contributed by atoms with E-state index in [1.54, 1.807) is 6.08 Å². The Bertz CT molecular complexity index is 383. The third-order valence-electron chi connectivity index (χ3n) is 5.75. The molecule has 4 fully saturated rings. The van der Waals surface area contributed by atoms with Crippen LogP contribution in [0.25, 0.3) is 0 Å². The molecular weight excluding hydrogens is 212 g/mol. The maximum absolute atomic E-state index is 10.1. The zero-order valence-electron chi connectivity index (χ0n) is 10.1. The molecule has 0 saturated heterocycles. The molecule has 5 aliphatic rings. The van der Waals surface area contributed by atoms with Gasteiger partial charge in [-0.25, -0.2) is 0 Å². The van der Waals surface area contributed by atoms with Crippen molar-refractivity contribution in [1.29, 1.82) is 0 Å². The molecule has 2 N–H and O–H groups in total. The lowest BCUT2D eigenvalue weighted by Crippen LogP contribution is -2.49. The van der Waals surface area contributed by atoms with E-state index in [1.807, 2.05) is 6.08 Å². The van der Waals surface area contributed by atoms with Crippen LogP contribution in [0.15, 0.2) is 23.7 Å². The maximum Gasteiger partial charge on any atom is 0.153 e. The van der Waals surface area contributed by atoms with Gasteiger partial charge in [-0.1, -0.05) is 6.08 Å². The van der Waals surface area contributed by atoms with E-state index in [1.165, 1.54) is 38.5 Å². The molecule has 2 heteroatoms. The van der Waals surface area contributed by atoms with E-state index in [2.05, 4.69) is 0 Å². The molecule has 4 saturated carbocycles. The summed E-state index contributed by atoms with van der Waals surface area (Å²) >= 11 is 0. The molecule has 0 aromatic heterocycles. The Labute approximate surface area is 102 Å². The zero-order valence-corrected chi connectivity index (χ0v) is 10.1. The van der Waals surface area contributed by atoms with Crippen molar-refractivity contribution in [2.45, 2.75) is 38.5 Å². The van der Waals surface area contributed by atoms with Gasteiger partial charge in [-0.15, -0.1) is 0 Å². The topological polar surface area (TPSA) is 40.5 Å². The average molecular weight is 232 g/mol. The van der Waals surface area contributed by atoms with Crippen molar-refractivity contribution in [1.82, 2.24) is 0 Å². The first kappa shape index (κ1) is 10.0. The Morgan fingerprint density at radius 2 is 1.47 bits per heavy atom. The number of hydrogen-bond acceptors (Lipinski definition) is 2. The van der Waals surface area contributed by atoms with Crippen molar-refractivity contribution in [2.75, 3.05) is 0 Å². The van der Waals surface area contributed by atoms with Gasteiger partial charge in [-0.05, 0) is 67.8 Å². The summed E-state index contributed by atoms with van der Waals surface area (Å²) in [6, 6.07) is 0. The van der Waals surface area contributed by atoms with Crippen LogP contribution < -0.4 is 0 Å². The van der Waals surface area contributed by atoms with Gasteiger partial charge in [0.1, 0.15) is 5.76 Å². The van der Waals surface area contributed by atoms with Gasteiger partial charge in [0.15, 0.2) is 5.76 Å². The van der Waals surface area contributed by atoms with Crippen molar-refractivity contribution in [3.63, 3.8) is 0 Å². The zero-order chi connectivity index (χ0) is 11.6. The van der Waals surface area contributed by atoms with Crippen LogP contribution in [0, 0.1) is 29.1 Å². The lowest BCUT2D eigenvalue weighted by Gasteiger charge is -2.58. The standard InChI is InChI=1S/C15H20O2/c16-13-2-1-12(14(13)17)15-6-9-3-10(7-15)5-11(4-9)8-15/h1-2,9-12,16-17H,3-8H2. The normalized spacial score (nSPS) is 51.5. The van der Waals surface area contributed by atoms with E-state index >= 15 is 0 Å². The SMILES string of the molecule is OC1=C(O)C(C23CC4CC(CC(C4)C2)C3)C=C1. The molecule has 1 unspecified atom stereocenters. The van der Waals surface area contributed by atoms with E-state index in [4.69, 9.17) is 0 Å². The Morgan fingerprint density at radius 1 is 0.941 bits per heavy atom. The molecule has 0 amide bonds. The van der Waals surface area contributed by atoms with Crippen LogP contribution in [0.3, 0.4) is 0 Å². The predicted molar refractivity (Wildman–Crippen MR) is 65.5 cm³/mol. The van der Waals surface area contributed by atoms with Crippen molar-refractivity contribution in [3.8, 4) is 0 Å². The molecule has 17 heavy (non-hydrogen) atoms. The summed E-state index contributed by atoms with van der Waals surface area (Å²) in [7, 11) is 0. The minimum atomic E-state index is 0.103. The lowest BCUT2D eigenvalue weighted by atomic mass is 9.46. The molecule has 0 spiro atoms. The number of allylic oxidation sites excluding steroid dienone is 2. The second kappa shape index (κ2) is 3.09. The first-order valence-corrected chi connectivity index (χ1v) is 6.96. The molecule has 0 aromatic rings. The van der Waals surface area contributed by atoms with Crippen molar-refractivity contribution >= 4 is 0 Å². The van der Waals surface area contributed by atoms with E-state index in [0.717, 1.165) is 17.8 Å². The van der Waals surface area contributed by atoms with E-state index in [-0.39, 0.29) is 22.9 Å². The average Bonchev–Trinajstić information content (AvgIpc) is 2.58. The third-order valence-corrected chi connectivity index (χ3v) is 5.75. The summed E-state index contributed by atoms with van der Waals surface area (Å²) in [5, 5.41) is 19.7. The Kier molecular flexibility index (Phi) is 1.83. The molecule has 5 aliphatic carbocycles. The second-order valence-electron chi connectivity index (χ2n) is 6.89. The summed E-state index contributed by atoms with van der Waals surface area (Å²) in [5.41, 5.74) is 0.278. The van der Waals surface area contributed by atoms with Crippen LogP contribution in [-0.2, 0) is 0 Å². The van der Waals surface area contributed by atoms with Crippen LogP contribution >= 0.6 is 0 Å².